The Morgan fingerprint density at radius 1 is 0.743 bits per heavy atom. The van der Waals surface area contributed by atoms with E-state index in [1.807, 2.05) is 60.7 Å². The Bertz CT molecular complexity index is 1360. The van der Waals surface area contributed by atoms with Gasteiger partial charge in [0.05, 0.1) is 15.1 Å². The second-order valence-corrected chi connectivity index (χ2v) is 8.69. The molecule has 0 aromatic heterocycles. The fourth-order valence-electron chi connectivity index (χ4n) is 3.50. The van der Waals surface area contributed by atoms with Crippen LogP contribution in [0.3, 0.4) is 0 Å². The molecule has 1 N–H and O–H groups in total. The smallest absolute Gasteiger partial charge is 0.269 e. The van der Waals surface area contributed by atoms with Crippen LogP contribution in [0.5, 0.6) is 0 Å². The maximum absolute atomic E-state index is 13.0. The van der Waals surface area contributed by atoms with Crippen LogP contribution in [0.25, 0.3) is 0 Å². The molecule has 0 spiro atoms. The number of carbonyl (C=O) groups excluding carboxylic acids is 1. The number of nitro groups is 2. The van der Waals surface area contributed by atoms with Crippen LogP contribution in [-0.4, -0.2) is 15.8 Å². The first-order valence-electron chi connectivity index (χ1n) is 10.5. The number of rotatable bonds is 8. The predicted octanol–water partition coefficient (Wildman–Crippen LogP) is 6.64. The Balaban J connectivity index is 1.76. The van der Waals surface area contributed by atoms with Gasteiger partial charge in [0.2, 0.25) is 0 Å². The Morgan fingerprint density at radius 2 is 1.31 bits per heavy atom. The molecule has 0 fully saturated rings. The van der Waals surface area contributed by atoms with E-state index < -0.39 is 15.8 Å². The van der Waals surface area contributed by atoms with Crippen LogP contribution in [0, 0.1) is 20.2 Å². The molecule has 1 amide bonds. The number of thioether (sulfide) groups is 1. The molecule has 0 bridgehead atoms. The van der Waals surface area contributed by atoms with Gasteiger partial charge in [-0.25, -0.2) is 0 Å². The lowest BCUT2D eigenvalue weighted by Gasteiger charge is -2.21. The minimum Gasteiger partial charge on any atom is -0.322 e. The van der Waals surface area contributed by atoms with Crippen molar-refractivity contribution < 1.29 is 14.6 Å². The SMILES string of the molecule is O=C(Nc1ccc([N+](=O)[O-])cc1[C@@H](Sc1ccccc1)c1ccccc1)c1ccc([N+](=O)[O-])cc1. The van der Waals surface area contributed by atoms with Crippen LogP contribution in [-0.2, 0) is 0 Å². The molecule has 0 heterocycles. The number of nitro benzene ring substituents is 2. The Kier molecular flexibility index (Phi) is 7.18. The molecule has 4 rings (SSSR count). The highest BCUT2D eigenvalue weighted by Gasteiger charge is 2.23. The third-order valence-corrected chi connectivity index (χ3v) is 6.52. The van der Waals surface area contributed by atoms with Gasteiger partial charge in [-0.3, -0.25) is 25.0 Å². The van der Waals surface area contributed by atoms with E-state index in [4.69, 9.17) is 0 Å². The number of anilines is 1. The summed E-state index contributed by atoms with van der Waals surface area (Å²) in [5.74, 6) is -0.480. The molecule has 0 aliphatic heterocycles. The minimum absolute atomic E-state index is 0.0945. The van der Waals surface area contributed by atoms with Crippen molar-refractivity contribution in [3.8, 4) is 0 Å². The predicted molar refractivity (Wildman–Crippen MR) is 135 cm³/mol. The molecule has 0 aliphatic carbocycles. The summed E-state index contributed by atoms with van der Waals surface area (Å²) < 4.78 is 0. The van der Waals surface area contributed by atoms with Gasteiger partial charge in [-0.2, -0.15) is 0 Å². The first-order valence-corrected chi connectivity index (χ1v) is 11.4. The van der Waals surface area contributed by atoms with Crippen LogP contribution in [0.1, 0.15) is 26.7 Å². The molecule has 4 aromatic carbocycles. The number of hydrogen-bond donors (Lipinski definition) is 1. The van der Waals surface area contributed by atoms with Crippen LogP contribution in [0.15, 0.2) is 108 Å². The molecule has 8 nitrogen and oxygen atoms in total. The van der Waals surface area contributed by atoms with Gasteiger partial charge in [-0.1, -0.05) is 48.5 Å². The number of nitrogens with one attached hydrogen (secondary N) is 1. The first-order chi connectivity index (χ1) is 16.9. The molecule has 0 saturated carbocycles. The third kappa shape index (κ3) is 5.71. The highest BCUT2D eigenvalue weighted by atomic mass is 32.2. The van der Waals surface area contributed by atoms with E-state index in [2.05, 4.69) is 5.32 Å². The quantitative estimate of drug-likeness (QED) is 0.170. The Labute approximate surface area is 204 Å². The molecule has 35 heavy (non-hydrogen) atoms. The molecule has 0 saturated heterocycles. The molecular weight excluding hydrogens is 466 g/mol. The zero-order valence-electron chi connectivity index (χ0n) is 18.2. The summed E-state index contributed by atoms with van der Waals surface area (Å²) in [5, 5.41) is 25.0. The van der Waals surface area contributed by atoms with Gasteiger partial charge in [0, 0.05) is 46.0 Å². The summed E-state index contributed by atoms with van der Waals surface area (Å²) in [4.78, 5) is 35.4. The highest BCUT2D eigenvalue weighted by molar-refractivity contribution is 7.99. The van der Waals surface area contributed by atoms with E-state index in [-0.39, 0.29) is 22.2 Å². The van der Waals surface area contributed by atoms with E-state index >= 15 is 0 Å². The van der Waals surface area contributed by atoms with Gasteiger partial charge in [-0.15, -0.1) is 11.8 Å². The average Bonchev–Trinajstić information content (AvgIpc) is 2.88. The van der Waals surface area contributed by atoms with Crippen molar-refractivity contribution in [1.29, 1.82) is 0 Å². The number of amides is 1. The van der Waals surface area contributed by atoms with Crippen LogP contribution in [0.4, 0.5) is 17.1 Å². The lowest BCUT2D eigenvalue weighted by molar-refractivity contribution is -0.385. The number of nitrogens with zero attached hydrogens (tertiary/aromatic N) is 2. The zero-order valence-corrected chi connectivity index (χ0v) is 19.1. The van der Waals surface area contributed by atoms with Gasteiger partial charge >= 0.3 is 0 Å². The lowest BCUT2D eigenvalue weighted by atomic mass is 10.0. The lowest BCUT2D eigenvalue weighted by Crippen LogP contribution is -2.14. The standard InChI is InChI=1S/C26H19N3O5S/c30-26(19-11-13-20(14-12-19)28(31)32)27-24-16-15-21(29(33)34)17-23(24)25(18-7-3-1-4-8-18)35-22-9-5-2-6-10-22/h1-17,25H,(H,27,30)/t25-/m0/s1. The van der Waals surface area contributed by atoms with Crippen LogP contribution < -0.4 is 5.32 Å². The highest BCUT2D eigenvalue weighted by Crippen LogP contribution is 2.44. The van der Waals surface area contributed by atoms with Gasteiger partial charge in [0.15, 0.2) is 0 Å². The van der Waals surface area contributed by atoms with Crippen molar-refractivity contribution in [2.45, 2.75) is 10.1 Å². The van der Waals surface area contributed by atoms with E-state index in [0.29, 0.717) is 11.3 Å². The molecule has 1 atom stereocenters. The fourth-order valence-corrected chi connectivity index (χ4v) is 4.70. The van der Waals surface area contributed by atoms with E-state index in [1.54, 1.807) is 0 Å². The summed E-state index contributed by atoms with van der Waals surface area (Å²) >= 11 is 1.51. The summed E-state index contributed by atoms with van der Waals surface area (Å²) in [6.07, 6.45) is 0. The maximum Gasteiger partial charge on any atom is 0.269 e. The monoisotopic (exact) mass is 485 g/mol. The van der Waals surface area contributed by atoms with Crippen molar-refractivity contribution in [2.75, 3.05) is 5.32 Å². The second-order valence-electron chi connectivity index (χ2n) is 7.51. The van der Waals surface area contributed by atoms with Gasteiger partial charge in [0.1, 0.15) is 0 Å². The fraction of sp³-hybridized carbons (Fsp3) is 0.0385. The number of hydrogen-bond acceptors (Lipinski definition) is 6. The average molecular weight is 486 g/mol. The molecule has 0 unspecified atom stereocenters. The van der Waals surface area contributed by atoms with Crippen molar-refractivity contribution in [3.63, 3.8) is 0 Å². The third-order valence-electron chi connectivity index (χ3n) is 5.22. The second kappa shape index (κ2) is 10.6. The van der Waals surface area contributed by atoms with Crippen LogP contribution >= 0.6 is 11.8 Å². The minimum atomic E-state index is -0.540. The molecule has 4 aromatic rings. The zero-order chi connectivity index (χ0) is 24.8. The van der Waals surface area contributed by atoms with Gasteiger partial charge in [0.25, 0.3) is 17.3 Å². The first kappa shape index (κ1) is 23.7. The van der Waals surface area contributed by atoms with Gasteiger partial charge < -0.3 is 5.32 Å². The Morgan fingerprint density at radius 3 is 1.91 bits per heavy atom. The van der Waals surface area contributed by atoms with Crippen molar-refractivity contribution >= 4 is 34.7 Å². The number of carbonyl (C=O) groups is 1. The molecule has 9 heteroatoms. The molecule has 174 valence electrons. The van der Waals surface area contributed by atoms with E-state index in [1.165, 1.54) is 54.2 Å². The van der Waals surface area contributed by atoms with E-state index in [9.17, 15) is 25.0 Å². The normalized spacial score (nSPS) is 11.4. The molecular formula is C26H19N3O5S. The maximum atomic E-state index is 13.0. The van der Waals surface area contributed by atoms with Crippen molar-refractivity contribution in [3.05, 3.63) is 140 Å². The number of non-ortho nitro benzene ring substituents is 2. The van der Waals surface area contributed by atoms with Crippen molar-refractivity contribution in [2.24, 2.45) is 0 Å². The summed E-state index contributed by atoms with van der Waals surface area (Å²) in [6, 6.07) is 28.7. The number of benzene rings is 4. The Hall–Kier alpha value is -4.50. The van der Waals surface area contributed by atoms with E-state index in [0.717, 1.165) is 10.5 Å². The summed E-state index contributed by atoms with van der Waals surface area (Å²) in [5.41, 5.74) is 1.90. The summed E-state index contributed by atoms with van der Waals surface area (Å²) in [7, 11) is 0. The van der Waals surface area contributed by atoms with Crippen molar-refractivity contribution in [1.82, 2.24) is 0 Å². The molecule has 0 aliphatic rings. The summed E-state index contributed by atoms with van der Waals surface area (Å²) in [6.45, 7) is 0. The van der Waals surface area contributed by atoms with Crippen LogP contribution in [0.2, 0.25) is 0 Å². The largest absolute Gasteiger partial charge is 0.322 e. The topological polar surface area (TPSA) is 115 Å². The van der Waals surface area contributed by atoms with Gasteiger partial charge in [-0.05, 0) is 35.9 Å². The molecule has 0 radical (unpaired) electrons.